The van der Waals surface area contributed by atoms with Gasteiger partial charge in [-0.15, -0.1) is 0 Å². The molecule has 0 radical (unpaired) electrons. The molecule has 7 heteroatoms. The van der Waals surface area contributed by atoms with E-state index in [1.54, 1.807) is 12.1 Å². The van der Waals surface area contributed by atoms with Crippen molar-refractivity contribution in [3.8, 4) is 5.75 Å². The van der Waals surface area contributed by atoms with Gasteiger partial charge in [-0.2, -0.15) is 0 Å². The zero-order valence-corrected chi connectivity index (χ0v) is 15.3. The predicted octanol–water partition coefficient (Wildman–Crippen LogP) is 4.17. The standard InChI is InChI=1S/C18H17Cl2NO4/c1-11-3-4-12(2)16(7-11)24-10-18(23)25-9-17(22)21-15-8-13(19)5-6-14(15)20/h3-8H,9-10H2,1-2H3,(H,21,22). The summed E-state index contributed by atoms with van der Waals surface area (Å²) in [5, 5.41) is 3.29. The average molecular weight is 382 g/mol. The van der Waals surface area contributed by atoms with Gasteiger partial charge in [-0.1, -0.05) is 35.3 Å². The molecule has 25 heavy (non-hydrogen) atoms. The van der Waals surface area contributed by atoms with Crippen LogP contribution < -0.4 is 10.1 Å². The van der Waals surface area contributed by atoms with Crippen molar-refractivity contribution in [2.24, 2.45) is 0 Å². The quantitative estimate of drug-likeness (QED) is 0.762. The lowest BCUT2D eigenvalue weighted by Crippen LogP contribution is -2.23. The molecule has 0 saturated carbocycles. The molecule has 0 saturated heterocycles. The topological polar surface area (TPSA) is 64.6 Å². The molecule has 0 fully saturated rings. The fourth-order valence-corrected chi connectivity index (χ4v) is 2.30. The van der Waals surface area contributed by atoms with Crippen molar-refractivity contribution in [3.63, 3.8) is 0 Å². The van der Waals surface area contributed by atoms with Crippen LogP contribution in [0.5, 0.6) is 5.75 Å². The number of nitrogens with one attached hydrogen (secondary N) is 1. The van der Waals surface area contributed by atoms with Crippen molar-refractivity contribution in [1.29, 1.82) is 0 Å². The summed E-state index contributed by atoms with van der Waals surface area (Å²) in [4.78, 5) is 23.5. The number of ether oxygens (including phenoxy) is 2. The second kappa shape index (κ2) is 8.74. The first-order valence-electron chi connectivity index (χ1n) is 7.45. The van der Waals surface area contributed by atoms with Crippen molar-refractivity contribution in [2.75, 3.05) is 18.5 Å². The number of carbonyl (C=O) groups is 2. The minimum absolute atomic E-state index is 0.282. The molecule has 132 valence electrons. The second-order valence-corrected chi connectivity index (χ2v) is 6.23. The maximum atomic E-state index is 11.8. The first-order chi connectivity index (χ1) is 11.8. The number of anilines is 1. The van der Waals surface area contributed by atoms with E-state index in [4.69, 9.17) is 32.7 Å². The number of carbonyl (C=O) groups excluding carboxylic acids is 2. The first-order valence-corrected chi connectivity index (χ1v) is 8.21. The van der Waals surface area contributed by atoms with Crippen LogP contribution in [-0.2, 0) is 14.3 Å². The van der Waals surface area contributed by atoms with Crippen LogP contribution in [0, 0.1) is 13.8 Å². The minimum Gasteiger partial charge on any atom is -0.482 e. The maximum absolute atomic E-state index is 11.8. The summed E-state index contributed by atoms with van der Waals surface area (Å²) in [6.07, 6.45) is 0. The summed E-state index contributed by atoms with van der Waals surface area (Å²) in [6, 6.07) is 10.3. The Labute approximate surface area is 155 Å². The summed E-state index contributed by atoms with van der Waals surface area (Å²) < 4.78 is 10.3. The molecule has 0 bridgehead atoms. The van der Waals surface area contributed by atoms with E-state index in [9.17, 15) is 9.59 Å². The van der Waals surface area contributed by atoms with E-state index in [0.717, 1.165) is 11.1 Å². The monoisotopic (exact) mass is 381 g/mol. The van der Waals surface area contributed by atoms with Gasteiger partial charge in [-0.25, -0.2) is 4.79 Å². The fraction of sp³-hybridized carbons (Fsp3) is 0.222. The van der Waals surface area contributed by atoms with E-state index < -0.39 is 18.5 Å². The van der Waals surface area contributed by atoms with Crippen molar-refractivity contribution in [3.05, 3.63) is 57.6 Å². The third-order valence-corrected chi connectivity index (χ3v) is 3.82. The third kappa shape index (κ3) is 5.96. The molecule has 1 amide bonds. The van der Waals surface area contributed by atoms with Gasteiger partial charge in [0.15, 0.2) is 13.2 Å². The molecule has 1 N–H and O–H groups in total. The molecule has 0 unspecified atom stereocenters. The first kappa shape index (κ1) is 19.1. The fourth-order valence-electron chi connectivity index (χ4n) is 1.97. The lowest BCUT2D eigenvalue weighted by atomic mass is 10.1. The Balaban J connectivity index is 1.80. The molecule has 0 heterocycles. The lowest BCUT2D eigenvalue weighted by Gasteiger charge is -2.10. The van der Waals surface area contributed by atoms with Crippen LogP contribution in [0.15, 0.2) is 36.4 Å². The Bertz CT molecular complexity index is 793. The van der Waals surface area contributed by atoms with Gasteiger partial charge < -0.3 is 14.8 Å². The smallest absolute Gasteiger partial charge is 0.344 e. The van der Waals surface area contributed by atoms with Crippen molar-refractivity contribution in [1.82, 2.24) is 0 Å². The van der Waals surface area contributed by atoms with E-state index in [1.165, 1.54) is 6.07 Å². The molecule has 0 aliphatic carbocycles. The Morgan fingerprint density at radius 2 is 1.80 bits per heavy atom. The molecule has 0 aromatic heterocycles. The summed E-state index contributed by atoms with van der Waals surface area (Å²) in [6.45, 7) is 3.07. The van der Waals surface area contributed by atoms with Gasteiger partial charge in [0.05, 0.1) is 10.7 Å². The van der Waals surface area contributed by atoms with Gasteiger partial charge in [-0.05, 0) is 49.2 Å². The van der Waals surface area contributed by atoms with Crippen LogP contribution in [-0.4, -0.2) is 25.1 Å². The highest BCUT2D eigenvalue weighted by molar-refractivity contribution is 6.35. The van der Waals surface area contributed by atoms with Crippen molar-refractivity contribution < 1.29 is 19.1 Å². The zero-order valence-electron chi connectivity index (χ0n) is 13.8. The number of hydrogen-bond acceptors (Lipinski definition) is 4. The molecule has 0 aliphatic rings. The number of amides is 1. The Kier molecular flexibility index (Phi) is 6.67. The highest BCUT2D eigenvalue weighted by atomic mass is 35.5. The highest BCUT2D eigenvalue weighted by Gasteiger charge is 2.11. The molecule has 0 atom stereocenters. The maximum Gasteiger partial charge on any atom is 0.344 e. The summed E-state index contributed by atoms with van der Waals surface area (Å²) in [5.74, 6) is -0.565. The van der Waals surface area contributed by atoms with Crippen LogP contribution >= 0.6 is 23.2 Å². The minimum atomic E-state index is -0.645. The number of aryl methyl sites for hydroxylation is 2. The zero-order chi connectivity index (χ0) is 18.4. The van der Waals surface area contributed by atoms with Gasteiger partial charge in [-0.3, -0.25) is 4.79 Å². The molecule has 0 spiro atoms. The predicted molar refractivity (Wildman–Crippen MR) is 97.5 cm³/mol. The molecule has 5 nitrogen and oxygen atoms in total. The van der Waals surface area contributed by atoms with Crippen LogP contribution in [0.2, 0.25) is 10.0 Å². The molecule has 2 aromatic carbocycles. The molecule has 2 rings (SSSR count). The van der Waals surface area contributed by atoms with E-state index in [2.05, 4.69) is 5.32 Å². The summed E-state index contributed by atoms with van der Waals surface area (Å²) >= 11 is 11.8. The lowest BCUT2D eigenvalue weighted by molar-refractivity contribution is -0.149. The second-order valence-electron chi connectivity index (χ2n) is 5.39. The number of esters is 1. The van der Waals surface area contributed by atoms with Crippen LogP contribution in [0.4, 0.5) is 5.69 Å². The normalized spacial score (nSPS) is 10.2. The van der Waals surface area contributed by atoms with E-state index in [0.29, 0.717) is 21.5 Å². The number of rotatable bonds is 6. The van der Waals surface area contributed by atoms with E-state index in [-0.39, 0.29) is 6.61 Å². The number of hydrogen-bond donors (Lipinski definition) is 1. The Morgan fingerprint density at radius 1 is 1.04 bits per heavy atom. The van der Waals surface area contributed by atoms with Crippen molar-refractivity contribution in [2.45, 2.75) is 13.8 Å². The SMILES string of the molecule is Cc1ccc(C)c(OCC(=O)OCC(=O)Nc2cc(Cl)ccc2Cl)c1. The largest absolute Gasteiger partial charge is 0.482 e. The average Bonchev–Trinajstić information content (AvgIpc) is 2.57. The molecule has 0 aliphatic heterocycles. The van der Waals surface area contributed by atoms with Crippen molar-refractivity contribution >= 4 is 40.8 Å². The van der Waals surface area contributed by atoms with Gasteiger partial charge in [0, 0.05) is 5.02 Å². The Morgan fingerprint density at radius 3 is 2.56 bits per heavy atom. The number of halogens is 2. The van der Waals surface area contributed by atoms with Gasteiger partial charge in [0.2, 0.25) is 0 Å². The van der Waals surface area contributed by atoms with Crippen LogP contribution in [0.25, 0.3) is 0 Å². The van der Waals surface area contributed by atoms with E-state index >= 15 is 0 Å². The van der Waals surface area contributed by atoms with Crippen LogP contribution in [0.3, 0.4) is 0 Å². The molecule has 2 aromatic rings. The van der Waals surface area contributed by atoms with Crippen LogP contribution in [0.1, 0.15) is 11.1 Å². The molecular weight excluding hydrogens is 365 g/mol. The summed E-state index contributed by atoms with van der Waals surface area (Å²) in [5.41, 5.74) is 2.28. The van der Waals surface area contributed by atoms with Gasteiger partial charge in [0.1, 0.15) is 5.75 Å². The highest BCUT2D eigenvalue weighted by Crippen LogP contribution is 2.25. The van der Waals surface area contributed by atoms with E-state index in [1.807, 2.05) is 32.0 Å². The summed E-state index contributed by atoms with van der Waals surface area (Å²) in [7, 11) is 0. The third-order valence-electron chi connectivity index (χ3n) is 3.26. The van der Waals surface area contributed by atoms with Gasteiger partial charge in [0.25, 0.3) is 5.91 Å². The van der Waals surface area contributed by atoms with Gasteiger partial charge >= 0.3 is 5.97 Å². The molecular formula is C18H17Cl2NO4. The number of benzene rings is 2. The Hall–Kier alpha value is -2.24.